The van der Waals surface area contributed by atoms with Gasteiger partial charge in [-0.2, -0.15) is 0 Å². The summed E-state index contributed by atoms with van der Waals surface area (Å²) < 4.78 is 10.5. The lowest BCUT2D eigenvalue weighted by molar-refractivity contribution is -0.145. The van der Waals surface area contributed by atoms with E-state index in [1.807, 2.05) is 30.3 Å². The van der Waals surface area contributed by atoms with Crippen LogP contribution in [0.25, 0.3) is 0 Å². The largest absolute Gasteiger partial charge is 0.497 e. The summed E-state index contributed by atoms with van der Waals surface area (Å²) in [6.45, 7) is 3.65. The van der Waals surface area contributed by atoms with Crippen molar-refractivity contribution in [3.05, 3.63) is 54.1 Å². The van der Waals surface area contributed by atoms with Crippen LogP contribution in [0.3, 0.4) is 0 Å². The number of carbonyl (C=O) groups is 2. The van der Waals surface area contributed by atoms with Crippen LogP contribution in [0.2, 0.25) is 0 Å². The third-order valence-corrected chi connectivity index (χ3v) is 4.37. The number of ether oxygens (including phenoxy) is 2. The molecule has 2 rings (SSSR count). The lowest BCUT2D eigenvalue weighted by Gasteiger charge is -2.28. The van der Waals surface area contributed by atoms with E-state index in [2.05, 4.69) is 5.32 Å². The molecule has 0 unspecified atom stereocenters. The first-order valence-electron chi connectivity index (χ1n) is 8.62. The molecule has 0 fully saturated rings. The highest BCUT2D eigenvalue weighted by atomic mass is 16.5. The summed E-state index contributed by atoms with van der Waals surface area (Å²) in [4.78, 5) is 27.3. The molecule has 2 amide bonds. The predicted octanol–water partition coefficient (Wildman–Crippen LogP) is 3.33. The van der Waals surface area contributed by atoms with Crippen molar-refractivity contribution in [1.29, 1.82) is 0 Å². The van der Waals surface area contributed by atoms with Crippen molar-refractivity contribution in [2.75, 3.05) is 26.6 Å². The molecule has 0 saturated heterocycles. The fourth-order valence-corrected chi connectivity index (χ4v) is 2.69. The molecule has 0 saturated carbocycles. The summed E-state index contributed by atoms with van der Waals surface area (Å²) in [5.74, 6) is 0.381. The van der Waals surface area contributed by atoms with Crippen molar-refractivity contribution in [2.24, 2.45) is 5.41 Å². The molecule has 1 N–H and O–H groups in total. The number of rotatable bonds is 7. The van der Waals surface area contributed by atoms with Crippen LogP contribution in [0.4, 0.5) is 5.69 Å². The van der Waals surface area contributed by atoms with Gasteiger partial charge in [0, 0.05) is 19.7 Å². The van der Waals surface area contributed by atoms with Gasteiger partial charge in [0.05, 0.1) is 19.9 Å². The van der Waals surface area contributed by atoms with E-state index in [0.717, 1.165) is 5.56 Å². The van der Waals surface area contributed by atoms with Crippen LogP contribution in [0.1, 0.15) is 19.4 Å². The van der Waals surface area contributed by atoms with E-state index in [4.69, 9.17) is 9.47 Å². The third-order valence-electron chi connectivity index (χ3n) is 4.37. The molecule has 6 heteroatoms. The van der Waals surface area contributed by atoms with Gasteiger partial charge in [0.25, 0.3) is 0 Å². The fraction of sp³-hybridized carbons (Fsp3) is 0.333. The molecule has 0 atom stereocenters. The van der Waals surface area contributed by atoms with Gasteiger partial charge in [-0.05, 0) is 31.5 Å². The molecule has 0 bridgehead atoms. The van der Waals surface area contributed by atoms with Crippen molar-refractivity contribution in [1.82, 2.24) is 4.90 Å². The van der Waals surface area contributed by atoms with Gasteiger partial charge >= 0.3 is 0 Å². The summed E-state index contributed by atoms with van der Waals surface area (Å²) in [5.41, 5.74) is 0.199. The standard InChI is InChI=1S/C21H26N2O4/c1-21(2,20(25)23(3)14-15-9-7-6-8-10-15)19(24)22-17-13-16(26-4)11-12-18(17)27-5/h6-13H,14H2,1-5H3,(H,22,24). The molecule has 0 heterocycles. The summed E-state index contributed by atoms with van der Waals surface area (Å²) in [6.07, 6.45) is 0. The summed E-state index contributed by atoms with van der Waals surface area (Å²) in [7, 11) is 4.75. The van der Waals surface area contributed by atoms with Gasteiger partial charge in [0.2, 0.25) is 11.8 Å². The molecule has 27 heavy (non-hydrogen) atoms. The zero-order valence-electron chi connectivity index (χ0n) is 16.4. The Balaban J connectivity index is 2.15. The van der Waals surface area contributed by atoms with Crippen LogP contribution < -0.4 is 14.8 Å². The molecule has 0 aliphatic heterocycles. The lowest BCUT2D eigenvalue weighted by atomic mass is 9.90. The molecule has 0 aromatic heterocycles. The number of anilines is 1. The molecular weight excluding hydrogens is 344 g/mol. The van der Waals surface area contributed by atoms with Crippen LogP contribution in [-0.2, 0) is 16.1 Å². The molecule has 0 spiro atoms. The molecule has 0 aliphatic carbocycles. The van der Waals surface area contributed by atoms with Crippen molar-refractivity contribution in [3.8, 4) is 11.5 Å². The Morgan fingerprint density at radius 3 is 2.30 bits per heavy atom. The topological polar surface area (TPSA) is 67.9 Å². The Morgan fingerprint density at radius 1 is 1.04 bits per heavy atom. The maximum absolute atomic E-state index is 12.9. The zero-order valence-corrected chi connectivity index (χ0v) is 16.4. The Morgan fingerprint density at radius 2 is 1.70 bits per heavy atom. The zero-order chi connectivity index (χ0) is 20.0. The summed E-state index contributed by atoms with van der Waals surface area (Å²) in [5, 5.41) is 2.78. The number of amides is 2. The van der Waals surface area contributed by atoms with E-state index in [1.54, 1.807) is 51.1 Å². The van der Waals surface area contributed by atoms with Crippen LogP contribution in [-0.4, -0.2) is 38.0 Å². The van der Waals surface area contributed by atoms with E-state index in [0.29, 0.717) is 23.7 Å². The van der Waals surface area contributed by atoms with Gasteiger partial charge in [0.1, 0.15) is 16.9 Å². The summed E-state index contributed by atoms with van der Waals surface area (Å²) in [6, 6.07) is 14.7. The highest BCUT2D eigenvalue weighted by molar-refractivity contribution is 6.10. The molecule has 0 aliphatic rings. The average Bonchev–Trinajstić information content (AvgIpc) is 2.67. The number of nitrogens with one attached hydrogen (secondary N) is 1. The first-order chi connectivity index (χ1) is 12.8. The molecule has 144 valence electrons. The normalized spacial score (nSPS) is 10.9. The third kappa shape index (κ3) is 4.78. The lowest BCUT2D eigenvalue weighted by Crippen LogP contribution is -2.45. The Bertz CT molecular complexity index is 803. The second-order valence-electron chi connectivity index (χ2n) is 6.79. The molecule has 2 aromatic carbocycles. The van der Waals surface area contributed by atoms with E-state index < -0.39 is 11.3 Å². The number of nitrogens with zero attached hydrogens (tertiary/aromatic N) is 1. The van der Waals surface area contributed by atoms with E-state index in [1.165, 1.54) is 7.11 Å². The number of hydrogen-bond acceptors (Lipinski definition) is 4. The molecule has 0 radical (unpaired) electrons. The predicted molar refractivity (Wildman–Crippen MR) is 105 cm³/mol. The quantitative estimate of drug-likeness (QED) is 0.759. The van der Waals surface area contributed by atoms with Gasteiger partial charge in [-0.3, -0.25) is 9.59 Å². The van der Waals surface area contributed by atoms with Gasteiger partial charge in [-0.25, -0.2) is 0 Å². The van der Waals surface area contributed by atoms with Gasteiger partial charge in [-0.1, -0.05) is 30.3 Å². The number of carbonyl (C=O) groups excluding carboxylic acids is 2. The number of methoxy groups -OCH3 is 2. The van der Waals surface area contributed by atoms with Crippen LogP contribution in [0.5, 0.6) is 11.5 Å². The van der Waals surface area contributed by atoms with E-state index >= 15 is 0 Å². The van der Waals surface area contributed by atoms with Crippen molar-refractivity contribution in [3.63, 3.8) is 0 Å². The highest BCUT2D eigenvalue weighted by Crippen LogP contribution is 2.31. The average molecular weight is 370 g/mol. The maximum Gasteiger partial charge on any atom is 0.239 e. The second-order valence-corrected chi connectivity index (χ2v) is 6.79. The van der Waals surface area contributed by atoms with Gasteiger partial charge in [0.15, 0.2) is 0 Å². The molecule has 6 nitrogen and oxygen atoms in total. The second kappa shape index (κ2) is 8.58. The van der Waals surface area contributed by atoms with Crippen molar-refractivity contribution < 1.29 is 19.1 Å². The van der Waals surface area contributed by atoms with E-state index in [-0.39, 0.29) is 5.91 Å². The monoisotopic (exact) mass is 370 g/mol. The Labute approximate surface area is 160 Å². The smallest absolute Gasteiger partial charge is 0.239 e. The fourth-order valence-electron chi connectivity index (χ4n) is 2.69. The van der Waals surface area contributed by atoms with Crippen molar-refractivity contribution >= 4 is 17.5 Å². The van der Waals surface area contributed by atoms with Crippen LogP contribution in [0, 0.1) is 5.41 Å². The minimum absolute atomic E-state index is 0.272. The maximum atomic E-state index is 12.9. The van der Waals surface area contributed by atoms with Gasteiger partial charge in [-0.15, -0.1) is 0 Å². The van der Waals surface area contributed by atoms with Gasteiger partial charge < -0.3 is 19.7 Å². The molecular formula is C21H26N2O4. The summed E-state index contributed by atoms with van der Waals surface area (Å²) >= 11 is 0. The van der Waals surface area contributed by atoms with Crippen molar-refractivity contribution in [2.45, 2.75) is 20.4 Å². The number of benzene rings is 2. The minimum atomic E-state index is -1.25. The van der Waals surface area contributed by atoms with E-state index in [9.17, 15) is 9.59 Å². The molecule has 2 aromatic rings. The number of hydrogen-bond donors (Lipinski definition) is 1. The first-order valence-corrected chi connectivity index (χ1v) is 8.62. The Hall–Kier alpha value is -3.02. The highest BCUT2D eigenvalue weighted by Gasteiger charge is 2.38. The minimum Gasteiger partial charge on any atom is -0.497 e. The van der Waals surface area contributed by atoms with Crippen LogP contribution >= 0.6 is 0 Å². The Kier molecular flexibility index (Phi) is 6.45. The van der Waals surface area contributed by atoms with Crippen LogP contribution in [0.15, 0.2) is 48.5 Å². The SMILES string of the molecule is COc1ccc(OC)c(NC(=O)C(C)(C)C(=O)N(C)Cc2ccccc2)c1. The first kappa shape index (κ1) is 20.3.